The number of hydrogen-bond acceptors (Lipinski definition) is 5. The molecule has 0 atom stereocenters. The van der Waals surface area contributed by atoms with Crippen molar-refractivity contribution < 1.29 is 14.7 Å². The second-order valence-electron chi connectivity index (χ2n) is 12.0. The van der Waals surface area contributed by atoms with Crippen molar-refractivity contribution >= 4 is 33.9 Å². The van der Waals surface area contributed by atoms with Gasteiger partial charge in [0.2, 0.25) is 11.2 Å². The molecule has 0 aliphatic rings. The first-order chi connectivity index (χ1) is 23.2. The van der Waals surface area contributed by atoms with Gasteiger partial charge < -0.3 is 23.4 Å². The minimum absolute atomic E-state index is 0.133. The number of nitrogens with zero attached hydrogens (tertiary/aromatic N) is 10. The van der Waals surface area contributed by atoms with E-state index in [1.165, 1.54) is 0 Å². The number of aryl methyl sites for hydroxylation is 8. The van der Waals surface area contributed by atoms with E-state index in [1.807, 2.05) is 98.0 Å². The fourth-order valence-corrected chi connectivity index (χ4v) is 6.54. The second kappa shape index (κ2) is 13.4. The Morgan fingerprint density at radius 1 is 0.708 bits per heavy atom. The van der Waals surface area contributed by atoms with Crippen LogP contribution in [-0.4, -0.2) is 54.8 Å². The van der Waals surface area contributed by atoms with Crippen LogP contribution in [0.1, 0.15) is 64.6 Å². The number of imidazole rings is 2. The molecule has 2 amide bonds. The van der Waals surface area contributed by atoms with Crippen LogP contribution in [0.2, 0.25) is 0 Å². The highest BCUT2D eigenvalue weighted by Gasteiger charge is 2.18. The van der Waals surface area contributed by atoms with Crippen molar-refractivity contribution in [1.82, 2.24) is 37.8 Å². The van der Waals surface area contributed by atoms with Crippen LogP contribution < -0.4 is 11.2 Å². The summed E-state index contributed by atoms with van der Waals surface area (Å²) in [5, 5.41) is 19.0. The van der Waals surface area contributed by atoms with Crippen molar-refractivity contribution in [3.8, 4) is 0 Å². The number of aliphatic hydroxyl groups excluding tert-OH is 1. The number of unbranched alkanes of at least 4 members (excludes halogenated alkanes) is 1. The molecule has 0 saturated heterocycles. The van der Waals surface area contributed by atoms with Crippen LogP contribution in [0.5, 0.6) is 0 Å². The molecule has 4 heterocycles. The van der Waals surface area contributed by atoms with E-state index < -0.39 is 0 Å². The van der Waals surface area contributed by atoms with Crippen molar-refractivity contribution in [2.45, 2.75) is 73.3 Å². The first kappa shape index (κ1) is 32.6. The molecule has 0 aliphatic heterocycles. The van der Waals surface area contributed by atoms with E-state index in [1.54, 1.807) is 21.5 Å². The average Bonchev–Trinajstić information content (AvgIpc) is 3.81. The van der Waals surface area contributed by atoms with Gasteiger partial charge >= 0.3 is 0 Å². The number of rotatable bonds is 10. The van der Waals surface area contributed by atoms with Crippen LogP contribution in [-0.2, 0) is 46.9 Å². The summed E-state index contributed by atoms with van der Waals surface area (Å²) in [6.07, 6.45) is 1.51. The predicted molar refractivity (Wildman–Crippen MR) is 182 cm³/mol. The van der Waals surface area contributed by atoms with Crippen molar-refractivity contribution in [1.29, 1.82) is 0 Å². The summed E-state index contributed by atoms with van der Waals surface area (Å²) in [4.78, 5) is 36.2. The average molecular weight is 651 g/mol. The molecule has 13 nitrogen and oxygen atoms in total. The van der Waals surface area contributed by atoms with Crippen LogP contribution >= 0.6 is 0 Å². The Hall–Kier alpha value is -5.30. The Bertz CT molecular complexity index is 2300. The highest BCUT2D eigenvalue weighted by atomic mass is 16.3. The Kier molecular flexibility index (Phi) is 9.13. The van der Waals surface area contributed by atoms with Crippen molar-refractivity contribution in [2.75, 3.05) is 0 Å². The lowest BCUT2D eigenvalue weighted by Gasteiger charge is -2.08. The number of hydrogen-bond donors (Lipinski definition) is 1. The number of benzene rings is 2. The predicted octanol–water partition coefficient (Wildman–Crippen LogP) is 3.78. The molecule has 0 fully saturated rings. The maximum Gasteiger partial charge on any atom is 0.298 e. The van der Waals surface area contributed by atoms with Crippen molar-refractivity contribution in [2.24, 2.45) is 24.1 Å². The Balaban J connectivity index is 1.34. The number of aromatic nitrogens is 8. The third-order valence-corrected chi connectivity index (χ3v) is 8.77. The topological polar surface area (TPSA) is 134 Å². The third-order valence-electron chi connectivity index (χ3n) is 8.77. The highest BCUT2D eigenvalue weighted by molar-refractivity contribution is 5.94. The zero-order valence-electron chi connectivity index (χ0n) is 28.4. The quantitative estimate of drug-likeness (QED) is 0.225. The van der Waals surface area contributed by atoms with Crippen LogP contribution in [0.3, 0.4) is 0 Å². The van der Waals surface area contributed by atoms with Gasteiger partial charge in [-0.2, -0.15) is 20.2 Å². The minimum atomic E-state index is -0.371. The van der Waals surface area contributed by atoms with Gasteiger partial charge in [-0.3, -0.25) is 19.0 Å². The Morgan fingerprint density at radius 2 is 1.21 bits per heavy atom. The molecule has 48 heavy (non-hydrogen) atoms. The number of aliphatic hydroxyl groups is 1. The van der Waals surface area contributed by atoms with Gasteiger partial charge in [-0.1, -0.05) is 24.3 Å². The van der Waals surface area contributed by atoms with Gasteiger partial charge in [-0.15, -0.1) is 0 Å². The Morgan fingerprint density at radius 3 is 1.75 bits per heavy atom. The lowest BCUT2D eigenvalue weighted by atomic mass is 10.2. The molecule has 0 unspecified atom stereocenters. The van der Waals surface area contributed by atoms with E-state index in [-0.39, 0.29) is 18.4 Å². The van der Waals surface area contributed by atoms with Gasteiger partial charge in [0, 0.05) is 45.8 Å². The lowest BCUT2D eigenvalue weighted by molar-refractivity contribution is 0.0977. The van der Waals surface area contributed by atoms with E-state index in [9.17, 15) is 14.7 Å². The zero-order chi connectivity index (χ0) is 34.1. The number of amides is 2. The summed E-state index contributed by atoms with van der Waals surface area (Å²) >= 11 is 0. The SMILES string of the molecule is CCn1nc(C)cc1C(=O)N=c1n(C)c2ccccc2n1CCCCn1c(=NC(=O)c2cc(C)nn2CC)n(C)c2c(CO)cccc21. The normalized spacial score (nSPS) is 12.6. The monoisotopic (exact) mass is 650 g/mol. The number of para-hydroxylation sites is 3. The van der Waals surface area contributed by atoms with E-state index in [0.29, 0.717) is 48.8 Å². The van der Waals surface area contributed by atoms with E-state index in [0.717, 1.165) is 51.9 Å². The van der Waals surface area contributed by atoms with Crippen molar-refractivity contribution in [3.05, 3.63) is 94.2 Å². The van der Waals surface area contributed by atoms with E-state index >= 15 is 0 Å². The van der Waals surface area contributed by atoms with Crippen molar-refractivity contribution in [3.63, 3.8) is 0 Å². The molecule has 250 valence electrons. The standard InChI is InChI=1S/C35H42N10O3/c1-7-44-29(20-23(3)38-44)32(47)36-34-40(5)26-15-9-10-16-27(26)42(34)18-11-12-19-43-28-17-13-14-25(22-46)31(28)41(6)35(43)37-33(48)30-21-24(4)39-45(30)8-2/h9-10,13-17,20-21,46H,7-8,11-12,18-19,22H2,1-6H3. The molecule has 1 N–H and O–H groups in total. The molecule has 2 aromatic carbocycles. The summed E-state index contributed by atoms with van der Waals surface area (Å²) in [5.74, 6) is -0.705. The second-order valence-corrected chi connectivity index (χ2v) is 12.0. The fourth-order valence-electron chi connectivity index (χ4n) is 6.54. The van der Waals surface area contributed by atoms with Gasteiger partial charge in [-0.05, 0) is 70.9 Å². The molecule has 0 aliphatic carbocycles. The maximum atomic E-state index is 13.5. The maximum absolute atomic E-state index is 13.5. The molecule has 0 radical (unpaired) electrons. The molecule has 13 heteroatoms. The van der Waals surface area contributed by atoms with Crippen LogP contribution in [0.25, 0.3) is 22.1 Å². The minimum Gasteiger partial charge on any atom is -0.392 e. The molecule has 6 rings (SSSR count). The molecule has 4 aromatic heterocycles. The van der Waals surface area contributed by atoms with Gasteiger partial charge in [0.15, 0.2) is 0 Å². The van der Waals surface area contributed by atoms with Crippen LogP contribution in [0, 0.1) is 13.8 Å². The van der Waals surface area contributed by atoms with Gasteiger partial charge in [0.1, 0.15) is 11.4 Å². The summed E-state index contributed by atoms with van der Waals surface area (Å²) in [6, 6.07) is 17.3. The number of fused-ring (bicyclic) bond motifs is 2. The van der Waals surface area contributed by atoms with E-state index in [2.05, 4.69) is 24.7 Å². The molecular weight excluding hydrogens is 608 g/mol. The van der Waals surface area contributed by atoms with Gasteiger partial charge in [0.25, 0.3) is 11.8 Å². The smallest absolute Gasteiger partial charge is 0.298 e. The summed E-state index contributed by atoms with van der Waals surface area (Å²) in [7, 11) is 3.80. The molecule has 0 bridgehead atoms. The molecule has 0 spiro atoms. The van der Waals surface area contributed by atoms with Gasteiger partial charge in [0.05, 0.1) is 40.1 Å². The highest BCUT2D eigenvalue weighted by Crippen LogP contribution is 2.19. The number of carbonyl (C=O) groups excluding carboxylic acids is 2. The van der Waals surface area contributed by atoms with E-state index in [4.69, 9.17) is 0 Å². The fraction of sp³-hybridized carbons (Fsp3) is 0.371. The van der Waals surface area contributed by atoms with Crippen LogP contribution in [0.15, 0.2) is 64.6 Å². The largest absolute Gasteiger partial charge is 0.392 e. The zero-order valence-corrected chi connectivity index (χ0v) is 28.4. The molecular formula is C35H42N10O3. The lowest BCUT2D eigenvalue weighted by Crippen LogP contribution is -2.28. The number of carbonyl (C=O) groups is 2. The summed E-state index contributed by atoms with van der Waals surface area (Å²) < 4.78 is 11.3. The summed E-state index contributed by atoms with van der Waals surface area (Å²) in [5.41, 5.74) is 7.93. The molecule has 0 saturated carbocycles. The first-order valence-corrected chi connectivity index (χ1v) is 16.4. The van der Waals surface area contributed by atoms with Crippen LogP contribution in [0.4, 0.5) is 0 Å². The third kappa shape index (κ3) is 5.85. The Labute approximate surface area is 277 Å². The molecule has 6 aromatic rings. The van der Waals surface area contributed by atoms with Gasteiger partial charge in [-0.25, -0.2) is 0 Å². The first-order valence-electron chi connectivity index (χ1n) is 16.4. The summed E-state index contributed by atoms with van der Waals surface area (Å²) in [6.45, 7) is 9.82.